The summed E-state index contributed by atoms with van der Waals surface area (Å²) in [6.45, 7) is 2.23. The SMILES string of the molecule is CN(C)CCNC(=NCc1cccs1)Nc1cc(-c2ccccc2)ccc1O. The van der Waals surface area contributed by atoms with Crippen LogP contribution in [0.15, 0.2) is 71.0 Å². The van der Waals surface area contributed by atoms with E-state index in [0.717, 1.165) is 24.2 Å². The molecule has 3 rings (SSSR count). The Hall–Kier alpha value is -2.83. The average Bonchev–Trinajstić information content (AvgIpc) is 3.21. The molecule has 0 saturated carbocycles. The lowest BCUT2D eigenvalue weighted by Crippen LogP contribution is -2.36. The monoisotopic (exact) mass is 394 g/mol. The van der Waals surface area contributed by atoms with Crippen LogP contribution in [-0.4, -0.2) is 43.2 Å². The molecule has 0 atom stereocenters. The predicted octanol–water partition coefficient (Wildman–Crippen LogP) is 4.24. The Morgan fingerprint density at radius 3 is 2.57 bits per heavy atom. The number of aliphatic imine (C=N–C) groups is 1. The van der Waals surface area contributed by atoms with Crippen molar-refractivity contribution >= 4 is 23.0 Å². The van der Waals surface area contributed by atoms with Crippen LogP contribution in [0.2, 0.25) is 0 Å². The molecule has 0 bridgehead atoms. The molecule has 5 nitrogen and oxygen atoms in total. The largest absolute Gasteiger partial charge is 0.506 e. The van der Waals surface area contributed by atoms with Crippen LogP contribution < -0.4 is 10.6 Å². The first-order valence-electron chi connectivity index (χ1n) is 9.23. The molecule has 0 saturated heterocycles. The number of nitrogens with one attached hydrogen (secondary N) is 2. The summed E-state index contributed by atoms with van der Waals surface area (Å²) in [5.74, 6) is 0.841. The second kappa shape index (κ2) is 9.92. The normalized spacial score (nSPS) is 11.6. The summed E-state index contributed by atoms with van der Waals surface area (Å²) in [4.78, 5) is 7.98. The number of thiophene rings is 1. The van der Waals surface area contributed by atoms with Gasteiger partial charge in [-0.1, -0.05) is 42.5 Å². The first-order chi connectivity index (χ1) is 13.6. The van der Waals surface area contributed by atoms with E-state index in [1.54, 1.807) is 17.4 Å². The Kier molecular flexibility index (Phi) is 7.06. The molecule has 1 heterocycles. The first kappa shape index (κ1) is 19.9. The van der Waals surface area contributed by atoms with Gasteiger partial charge in [-0.05, 0) is 48.8 Å². The summed E-state index contributed by atoms with van der Waals surface area (Å²) in [5, 5.41) is 19.0. The van der Waals surface area contributed by atoms with Gasteiger partial charge in [0.25, 0.3) is 0 Å². The van der Waals surface area contributed by atoms with Crippen LogP contribution >= 0.6 is 11.3 Å². The van der Waals surface area contributed by atoms with Crippen molar-refractivity contribution in [2.75, 3.05) is 32.5 Å². The highest BCUT2D eigenvalue weighted by Crippen LogP contribution is 2.29. The highest BCUT2D eigenvalue weighted by molar-refractivity contribution is 7.09. The number of guanidine groups is 1. The molecule has 0 aliphatic heterocycles. The Balaban J connectivity index is 1.79. The number of aromatic hydroxyl groups is 1. The van der Waals surface area contributed by atoms with Gasteiger partial charge in [0.05, 0.1) is 12.2 Å². The summed E-state index contributed by atoms with van der Waals surface area (Å²) >= 11 is 1.68. The Morgan fingerprint density at radius 2 is 1.86 bits per heavy atom. The molecule has 0 unspecified atom stereocenters. The highest BCUT2D eigenvalue weighted by Gasteiger charge is 2.08. The fourth-order valence-corrected chi connectivity index (χ4v) is 3.30. The van der Waals surface area contributed by atoms with Gasteiger partial charge in [0, 0.05) is 18.0 Å². The third-order valence-corrected chi connectivity index (χ3v) is 5.04. The number of nitrogens with zero attached hydrogens (tertiary/aromatic N) is 2. The van der Waals surface area contributed by atoms with Gasteiger partial charge in [-0.3, -0.25) is 0 Å². The van der Waals surface area contributed by atoms with E-state index in [4.69, 9.17) is 0 Å². The number of phenols is 1. The van der Waals surface area contributed by atoms with Crippen LogP contribution in [0, 0.1) is 0 Å². The molecule has 0 spiro atoms. The van der Waals surface area contributed by atoms with Crippen LogP contribution in [0.1, 0.15) is 4.88 Å². The molecule has 28 heavy (non-hydrogen) atoms. The van der Waals surface area contributed by atoms with Crippen molar-refractivity contribution in [3.05, 3.63) is 70.9 Å². The minimum absolute atomic E-state index is 0.193. The molecule has 0 fully saturated rings. The summed E-state index contributed by atoms with van der Waals surface area (Å²) in [6.07, 6.45) is 0. The van der Waals surface area contributed by atoms with Crippen molar-refractivity contribution in [2.45, 2.75) is 6.54 Å². The molecule has 146 valence electrons. The van der Waals surface area contributed by atoms with Crippen LogP contribution in [0.5, 0.6) is 5.75 Å². The molecule has 3 aromatic rings. The number of hydrogen-bond donors (Lipinski definition) is 3. The van der Waals surface area contributed by atoms with Crippen LogP contribution in [0.3, 0.4) is 0 Å². The Morgan fingerprint density at radius 1 is 1.04 bits per heavy atom. The van der Waals surface area contributed by atoms with Gasteiger partial charge in [0.15, 0.2) is 5.96 Å². The summed E-state index contributed by atoms with van der Waals surface area (Å²) < 4.78 is 0. The minimum atomic E-state index is 0.193. The minimum Gasteiger partial charge on any atom is -0.506 e. The van der Waals surface area contributed by atoms with E-state index >= 15 is 0 Å². The van der Waals surface area contributed by atoms with Gasteiger partial charge in [0.1, 0.15) is 5.75 Å². The lowest BCUT2D eigenvalue weighted by molar-refractivity contribution is 0.412. The number of phenolic OH excluding ortho intramolecular Hbond substituents is 1. The maximum absolute atomic E-state index is 10.3. The average molecular weight is 395 g/mol. The van der Waals surface area contributed by atoms with Crippen LogP contribution in [0.4, 0.5) is 5.69 Å². The Labute approximate surface area is 170 Å². The smallest absolute Gasteiger partial charge is 0.196 e. The van der Waals surface area contributed by atoms with Gasteiger partial charge >= 0.3 is 0 Å². The van der Waals surface area contributed by atoms with E-state index in [1.807, 2.05) is 55.9 Å². The zero-order chi connectivity index (χ0) is 19.8. The van der Waals surface area contributed by atoms with Crippen molar-refractivity contribution in [1.82, 2.24) is 10.2 Å². The maximum Gasteiger partial charge on any atom is 0.196 e. The second-order valence-corrected chi connectivity index (χ2v) is 7.73. The van der Waals surface area contributed by atoms with Crippen LogP contribution in [-0.2, 0) is 6.54 Å². The predicted molar refractivity (Wildman–Crippen MR) is 119 cm³/mol. The summed E-state index contributed by atoms with van der Waals surface area (Å²) in [6, 6.07) is 19.8. The second-order valence-electron chi connectivity index (χ2n) is 6.70. The Bertz CT molecular complexity index is 892. The van der Waals surface area contributed by atoms with E-state index in [1.165, 1.54) is 4.88 Å². The molecule has 0 aliphatic rings. The lowest BCUT2D eigenvalue weighted by Gasteiger charge is -2.16. The molecule has 0 radical (unpaired) electrons. The lowest BCUT2D eigenvalue weighted by atomic mass is 10.0. The van der Waals surface area contributed by atoms with E-state index in [0.29, 0.717) is 18.2 Å². The highest BCUT2D eigenvalue weighted by atomic mass is 32.1. The summed E-state index contributed by atoms with van der Waals surface area (Å²) in [7, 11) is 4.07. The van der Waals surface area contributed by atoms with Gasteiger partial charge in [-0.15, -0.1) is 11.3 Å². The topological polar surface area (TPSA) is 59.9 Å². The quantitative estimate of drug-likeness (QED) is 0.319. The maximum atomic E-state index is 10.3. The number of hydrogen-bond acceptors (Lipinski definition) is 4. The van der Waals surface area contributed by atoms with Crippen LogP contribution in [0.25, 0.3) is 11.1 Å². The van der Waals surface area contributed by atoms with E-state index < -0.39 is 0 Å². The van der Waals surface area contributed by atoms with E-state index in [9.17, 15) is 5.11 Å². The van der Waals surface area contributed by atoms with Crippen molar-refractivity contribution < 1.29 is 5.11 Å². The molecule has 0 amide bonds. The first-order valence-corrected chi connectivity index (χ1v) is 10.1. The third kappa shape index (κ3) is 5.84. The molecule has 0 aliphatic carbocycles. The van der Waals surface area contributed by atoms with Gasteiger partial charge in [-0.25, -0.2) is 4.99 Å². The standard InChI is InChI=1S/C22H26N4OS/c1-26(2)13-12-23-22(24-16-19-9-6-14-28-19)25-20-15-18(10-11-21(20)27)17-7-4-3-5-8-17/h3-11,14-15,27H,12-13,16H2,1-2H3,(H2,23,24,25). The summed E-state index contributed by atoms with van der Waals surface area (Å²) in [5.41, 5.74) is 2.76. The van der Waals surface area contributed by atoms with E-state index in [-0.39, 0.29) is 5.75 Å². The van der Waals surface area contributed by atoms with Crippen molar-refractivity contribution in [3.63, 3.8) is 0 Å². The third-order valence-electron chi connectivity index (χ3n) is 4.18. The molecular formula is C22H26N4OS. The molecule has 6 heteroatoms. The van der Waals surface area contributed by atoms with Crippen molar-refractivity contribution in [3.8, 4) is 16.9 Å². The van der Waals surface area contributed by atoms with Gasteiger partial charge < -0.3 is 20.6 Å². The van der Waals surface area contributed by atoms with Crippen molar-refractivity contribution in [2.24, 2.45) is 4.99 Å². The van der Waals surface area contributed by atoms with E-state index in [2.05, 4.69) is 38.7 Å². The fourth-order valence-electron chi connectivity index (χ4n) is 2.67. The zero-order valence-electron chi connectivity index (χ0n) is 16.2. The van der Waals surface area contributed by atoms with Gasteiger partial charge in [0.2, 0.25) is 0 Å². The number of rotatable bonds is 7. The number of likely N-dealkylation sites (N-methyl/N-ethyl adjacent to an activating group) is 1. The molecule has 3 N–H and O–H groups in total. The number of benzene rings is 2. The molecule has 2 aromatic carbocycles. The fraction of sp³-hybridized carbons (Fsp3) is 0.227. The molecular weight excluding hydrogens is 368 g/mol. The molecule has 1 aromatic heterocycles. The zero-order valence-corrected chi connectivity index (χ0v) is 17.0. The van der Waals surface area contributed by atoms with Gasteiger partial charge in [-0.2, -0.15) is 0 Å². The van der Waals surface area contributed by atoms with Crippen molar-refractivity contribution in [1.29, 1.82) is 0 Å². The number of anilines is 1.